The minimum atomic E-state index is -0.485. The van der Waals surface area contributed by atoms with Crippen molar-refractivity contribution in [3.63, 3.8) is 0 Å². The van der Waals surface area contributed by atoms with Gasteiger partial charge in [-0.2, -0.15) is 0 Å². The molecule has 2 heterocycles. The van der Waals surface area contributed by atoms with Crippen LogP contribution in [-0.2, 0) is 22.7 Å². The van der Waals surface area contributed by atoms with Gasteiger partial charge < -0.3 is 25.1 Å². The number of nitrogens with zero attached hydrogens (tertiary/aromatic N) is 2. The quantitative estimate of drug-likeness (QED) is 0.194. The average Bonchev–Trinajstić information content (AvgIpc) is 3.63. The Labute approximate surface area is 218 Å². The summed E-state index contributed by atoms with van der Waals surface area (Å²) in [5, 5.41) is 17.0. The minimum absolute atomic E-state index is 0.0180. The van der Waals surface area contributed by atoms with Crippen LogP contribution in [0.4, 0.5) is 0 Å². The van der Waals surface area contributed by atoms with Crippen LogP contribution in [0.5, 0.6) is 11.5 Å². The third-order valence-electron chi connectivity index (χ3n) is 7.15. The van der Waals surface area contributed by atoms with Crippen LogP contribution in [0.3, 0.4) is 0 Å². The fourth-order valence-corrected chi connectivity index (χ4v) is 5.14. The van der Waals surface area contributed by atoms with E-state index < -0.39 is 5.92 Å². The van der Waals surface area contributed by atoms with Gasteiger partial charge in [0.2, 0.25) is 19.1 Å². The Balaban J connectivity index is 1.38. The van der Waals surface area contributed by atoms with E-state index in [9.17, 15) is 14.8 Å². The molecular formula is C27H39N5O5. The molecule has 2 amide bonds. The SMILES string of the molecule is CC(C)(C)[C@H](NC(=O)C(CC1CCCC1)CN(O)C=O)c1ncc(CNCc2ccc3c(c2)OCO3)[nH]1. The second kappa shape index (κ2) is 12.0. The smallest absolute Gasteiger partial charge is 0.233 e. The van der Waals surface area contributed by atoms with Gasteiger partial charge in [-0.15, -0.1) is 0 Å². The first-order valence-corrected chi connectivity index (χ1v) is 13.1. The van der Waals surface area contributed by atoms with Crippen molar-refractivity contribution in [3.8, 4) is 11.5 Å². The maximum Gasteiger partial charge on any atom is 0.233 e. The fraction of sp³-hybridized carbons (Fsp3) is 0.593. The lowest BCUT2D eigenvalue weighted by Crippen LogP contribution is -2.43. The topological polar surface area (TPSA) is 129 Å². The number of rotatable bonds is 12. The van der Waals surface area contributed by atoms with E-state index in [1.165, 1.54) is 0 Å². The second-order valence-corrected chi connectivity index (χ2v) is 11.2. The van der Waals surface area contributed by atoms with Crippen LogP contribution in [0.25, 0.3) is 0 Å². The van der Waals surface area contributed by atoms with Crippen molar-refractivity contribution in [1.29, 1.82) is 0 Å². The van der Waals surface area contributed by atoms with Crippen molar-refractivity contribution >= 4 is 12.3 Å². The van der Waals surface area contributed by atoms with E-state index in [0.717, 1.165) is 48.4 Å². The number of H-pyrrole nitrogens is 1. The number of imidazole rings is 1. The van der Waals surface area contributed by atoms with Crippen molar-refractivity contribution in [1.82, 2.24) is 25.7 Å². The van der Waals surface area contributed by atoms with Gasteiger partial charge in [-0.1, -0.05) is 52.5 Å². The van der Waals surface area contributed by atoms with Crippen molar-refractivity contribution in [2.45, 2.75) is 72.0 Å². The Hall–Kier alpha value is -3.11. The lowest BCUT2D eigenvalue weighted by molar-refractivity contribution is -0.155. The molecule has 2 aromatic rings. The van der Waals surface area contributed by atoms with Gasteiger partial charge >= 0.3 is 0 Å². The molecule has 4 rings (SSSR count). The average molecular weight is 514 g/mol. The van der Waals surface area contributed by atoms with Crippen LogP contribution in [0.15, 0.2) is 24.4 Å². The Morgan fingerprint density at radius 2 is 2.00 bits per heavy atom. The highest BCUT2D eigenvalue weighted by atomic mass is 16.7. The summed E-state index contributed by atoms with van der Waals surface area (Å²) in [4.78, 5) is 32.4. The largest absolute Gasteiger partial charge is 0.454 e. The summed E-state index contributed by atoms with van der Waals surface area (Å²) in [7, 11) is 0. The molecule has 4 N–H and O–H groups in total. The lowest BCUT2D eigenvalue weighted by atomic mass is 9.85. The molecule has 10 heteroatoms. The Kier molecular flexibility index (Phi) is 8.71. The number of nitrogens with one attached hydrogen (secondary N) is 3. The van der Waals surface area contributed by atoms with Crippen molar-refractivity contribution in [2.75, 3.05) is 13.3 Å². The van der Waals surface area contributed by atoms with Gasteiger partial charge in [0.1, 0.15) is 5.82 Å². The Morgan fingerprint density at radius 3 is 2.73 bits per heavy atom. The van der Waals surface area contributed by atoms with Gasteiger partial charge in [-0.25, -0.2) is 10.0 Å². The fourth-order valence-electron chi connectivity index (χ4n) is 5.14. The van der Waals surface area contributed by atoms with Crippen LogP contribution in [0.1, 0.15) is 76.0 Å². The molecule has 0 saturated heterocycles. The predicted octanol–water partition coefficient (Wildman–Crippen LogP) is 3.68. The van der Waals surface area contributed by atoms with E-state index in [0.29, 0.717) is 42.7 Å². The van der Waals surface area contributed by atoms with Gasteiger partial charge in [-0.3, -0.25) is 14.8 Å². The Morgan fingerprint density at radius 1 is 1.24 bits per heavy atom. The molecular weight excluding hydrogens is 474 g/mol. The van der Waals surface area contributed by atoms with Gasteiger partial charge in [0.05, 0.1) is 18.5 Å². The number of aromatic nitrogens is 2. The van der Waals surface area contributed by atoms with Crippen LogP contribution in [-0.4, -0.2) is 45.9 Å². The molecule has 1 aliphatic heterocycles. The molecule has 10 nitrogen and oxygen atoms in total. The molecule has 0 spiro atoms. The van der Waals surface area contributed by atoms with Gasteiger partial charge in [0.15, 0.2) is 11.5 Å². The normalized spacial score (nSPS) is 17.0. The first-order valence-electron chi connectivity index (χ1n) is 13.1. The molecule has 0 bridgehead atoms. The van der Waals surface area contributed by atoms with E-state index in [1.807, 2.05) is 39.0 Å². The number of ether oxygens (including phenoxy) is 2. The van der Waals surface area contributed by atoms with E-state index in [1.54, 1.807) is 6.20 Å². The van der Waals surface area contributed by atoms with E-state index in [4.69, 9.17) is 9.47 Å². The maximum atomic E-state index is 13.4. The van der Waals surface area contributed by atoms with Gasteiger partial charge in [0.25, 0.3) is 0 Å². The summed E-state index contributed by atoms with van der Waals surface area (Å²) in [6.45, 7) is 7.62. The number of hydrogen-bond donors (Lipinski definition) is 4. The third-order valence-corrected chi connectivity index (χ3v) is 7.15. The van der Waals surface area contributed by atoms with Crippen molar-refractivity contribution in [2.24, 2.45) is 17.3 Å². The summed E-state index contributed by atoms with van der Waals surface area (Å²) >= 11 is 0. The van der Waals surface area contributed by atoms with Gasteiger partial charge in [-0.05, 0) is 35.4 Å². The molecule has 37 heavy (non-hydrogen) atoms. The summed E-state index contributed by atoms with van der Waals surface area (Å²) in [5.41, 5.74) is 1.68. The zero-order valence-electron chi connectivity index (χ0n) is 22.0. The molecule has 2 atom stereocenters. The number of benzene rings is 1. The lowest BCUT2D eigenvalue weighted by Gasteiger charge is -2.32. The van der Waals surface area contributed by atoms with Crippen LogP contribution in [0, 0.1) is 17.3 Å². The summed E-state index contributed by atoms with van der Waals surface area (Å²) in [5.74, 6) is 1.98. The maximum absolute atomic E-state index is 13.4. The molecule has 1 unspecified atom stereocenters. The van der Waals surface area contributed by atoms with Crippen LogP contribution < -0.4 is 20.1 Å². The zero-order chi connectivity index (χ0) is 26.4. The second-order valence-electron chi connectivity index (χ2n) is 11.2. The van der Waals surface area contributed by atoms with Crippen molar-refractivity contribution < 1.29 is 24.3 Å². The van der Waals surface area contributed by atoms with Gasteiger partial charge in [0, 0.05) is 25.0 Å². The highest BCUT2D eigenvalue weighted by molar-refractivity contribution is 5.79. The first-order chi connectivity index (χ1) is 17.7. The third kappa shape index (κ3) is 7.23. The molecule has 1 saturated carbocycles. The van der Waals surface area contributed by atoms with Crippen LogP contribution >= 0.6 is 0 Å². The first kappa shape index (κ1) is 26.9. The number of amides is 2. The summed E-state index contributed by atoms with van der Waals surface area (Å²) in [6.07, 6.45) is 7.28. The number of fused-ring (bicyclic) bond motifs is 1. The van der Waals surface area contributed by atoms with E-state index in [-0.39, 0.29) is 30.7 Å². The molecule has 2 aliphatic rings. The molecule has 1 fully saturated rings. The Bertz CT molecular complexity index is 1060. The monoisotopic (exact) mass is 513 g/mol. The number of aromatic amines is 1. The number of carbonyl (C=O) groups excluding carboxylic acids is 2. The van der Waals surface area contributed by atoms with Crippen LogP contribution in [0.2, 0.25) is 0 Å². The highest BCUT2D eigenvalue weighted by Crippen LogP contribution is 2.34. The van der Waals surface area contributed by atoms with Crippen molar-refractivity contribution in [3.05, 3.63) is 41.5 Å². The summed E-state index contributed by atoms with van der Waals surface area (Å²) < 4.78 is 10.8. The predicted molar refractivity (Wildman–Crippen MR) is 137 cm³/mol. The number of hydrogen-bond acceptors (Lipinski definition) is 7. The zero-order valence-corrected chi connectivity index (χ0v) is 22.0. The molecule has 0 radical (unpaired) electrons. The molecule has 1 aromatic heterocycles. The standard InChI is InChI=1S/C27H39N5O5/c1-27(2,3)24(31-26(34)20(15-32(35)16-33)10-18-6-4-5-7-18)25-29-14-21(30-25)13-28-12-19-8-9-22-23(11-19)37-17-36-22/h8-9,11,14,16,18,20,24,28,35H,4-7,10,12-13,15,17H2,1-3H3,(H,29,30)(H,31,34)/t20?,24-/m1/s1. The van der Waals surface area contributed by atoms with E-state index >= 15 is 0 Å². The highest BCUT2D eigenvalue weighted by Gasteiger charge is 2.34. The molecule has 1 aromatic carbocycles. The number of carbonyl (C=O) groups is 2. The summed E-state index contributed by atoms with van der Waals surface area (Å²) in [6, 6.07) is 5.52. The molecule has 202 valence electrons. The number of hydroxylamine groups is 2. The minimum Gasteiger partial charge on any atom is -0.454 e. The van der Waals surface area contributed by atoms with E-state index in [2.05, 4.69) is 20.6 Å². The molecule has 1 aliphatic carbocycles.